The summed E-state index contributed by atoms with van der Waals surface area (Å²) in [6.45, 7) is 8.55. The van der Waals surface area contributed by atoms with Crippen LogP contribution in [0.4, 0.5) is 0 Å². The largest absolute Gasteiger partial charge is 0.508 e. The molecule has 0 spiro atoms. The number of carboxylic acid groups (broad SMARTS) is 2. The Kier molecular flexibility index (Phi) is 28.0. The average Bonchev–Trinajstić information content (AvgIpc) is 3.45. The molecule has 3 aromatic rings. The number of likely N-dealkylation sites (tertiary alicyclic amines) is 1. The summed E-state index contributed by atoms with van der Waals surface area (Å²) in [6.07, 6.45) is -0.542. The summed E-state index contributed by atoms with van der Waals surface area (Å²) >= 11 is 8.03. The summed E-state index contributed by atoms with van der Waals surface area (Å²) in [5, 5.41) is 60.0. The van der Waals surface area contributed by atoms with Gasteiger partial charge in [-0.05, 0) is 85.4 Å². The fraction of sp³-hybridized carbons (Fsp3) is 0.500. The number of carbonyl (C=O) groups is 11. The number of nitrogens with two attached hydrogens (primary N) is 1. The highest BCUT2D eigenvalue weighted by Gasteiger charge is 2.41. The summed E-state index contributed by atoms with van der Waals surface area (Å²) in [5.41, 5.74) is 7.29. The average molecular weight is 1220 g/mol. The number of nitrogens with zero attached hydrogens (tertiary/aromatic N) is 1. The van der Waals surface area contributed by atoms with Crippen molar-refractivity contribution in [3.8, 4) is 11.5 Å². The molecular weight excluding hydrogens is 1140 g/mol. The molecule has 85 heavy (non-hydrogen) atoms. The number of phenols is 2. The van der Waals surface area contributed by atoms with Crippen molar-refractivity contribution in [2.24, 2.45) is 17.6 Å². The number of phenolic OH excluding ortho intramolecular Hbond substituents is 2. The van der Waals surface area contributed by atoms with Crippen molar-refractivity contribution in [2.45, 2.75) is 153 Å². The Labute approximate surface area is 504 Å². The van der Waals surface area contributed by atoms with E-state index in [9.17, 15) is 73.2 Å². The van der Waals surface area contributed by atoms with Crippen molar-refractivity contribution in [2.75, 3.05) is 18.1 Å². The second kappa shape index (κ2) is 34.1. The zero-order valence-corrected chi connectivity index (χ0v) is 49.9. The van der Waals surface area contributed by atoms with Gasteiger partial charge in [0.2, 0.25) is 53.2 Å². The second-order valence-electron chi connectivity index (χ2n) is 21.5. The van der Waals surface area contributed by atoms with Gasteiger partial charge in [-0.1, -0.05) is 88.7 Å². The fourth-order valence-electron chi connectivity index (χ4n) is 9.20. The van der Waals surface area contributed by atoms with Crippen LogP contribution in [0.25, 0.3) is 0 Å². The van der Waals surface area contributed by atoms with Gasteiger partial charge in [-0.25, -0.2) is 4.79 Å². The standard InChI is InChI=1S/C58H80N10O15S2/c1-6-32(4)48(56(80)64-41(25-31(2)3)52(76)66-45(30-85)58(82)83)67-49(73)33(5)60-55(79)46-13-10-24-68(46)57(81)44(28-34-11-8-7-9-12-34)65-54(78)43(27-36-16-20-38(70)21-17-36)63-53(77)42(26-35-14-18-37(69)19-15-35)62-51(75)40(22-23-47(71)72)61-50(74)39(59)29-84/h7-9,11-12,14-21,31-33,39-46,48,69-70,84-85H,6,10,13,22-30,59H2,1-5H3,(H,60,79)(H,61,74)(H,62,75)(H,63,77)(H,64,80)(H,65,78)(H,66,76)(H,67,73)(H,71,72)(H,82,83)/t32-,33-,39-,40-,41-,42-,43-,44-,45-,46-,48-/m0/s1. The van der Waals surface area contributed by atoms with Gasteiger partial charge in [-0.15, -0.1) is 0 Å². The third kappa shape index (κ3) is 22.2. The minimum Gasteiger partial charge on any atom is -0.508 e. The molecule has 1 aliphatic rings. The quantitative estimate of drug-likeness (QED) is 0.0363. The Bertz CT molecular complexity index is 2800. The number of aromatic hydroxyl groups is 2. The first-order valence-corrected chi connectivity index (χ1v) is 29.3. The monoisotopic (exact) mass is 1220 g/mol. The first-order chi connectivity index (χ1) is 40.2. The van der Waals surface area contributed by atoms with Crippen molar-refractivity contribution in [3.05, 3.63) is 95.6 Å². The lowest BCUT2D eigenvalue weighted by molar-refractivity contribution is -0.142. The third-order valence-electron chi connectivity index (χ3n) is 14.2. The minimum absolute atomic E-state index is 0.0576. The van der Waals surface area contributed by atoms with Crippen LogP contribution in [-0.2, 0) is 72.0 Å². The van der Waals surface area contributed by atoms with E-state index >= 15 is 0 Å². The van der Waals surface area contributed by atoms with Crippen molar-refractivity contribution >= 4 is 90.4 Å². The van der Waals surface area contributed by atoms with Gasteiger partial charge in [-0.3, -0.25) is 47.9 Å². The van der Waals surface area contributed by atoms with Crippen LogP contribution in [0.2, 0.25) is 0 Å². The van der Waals surface area contributed by atoms with E-state index in [-0.39, 0.29) is 67.6 Å². The molecule has 1 saturated heterocycles. The van der Waals surface area contributed by atoms with E-state index < -0.39 is 144 Å². The zero-order chi connectivity index (χ0) is 63.1. The lowest BCUT2D eigenvalue weighted by Gasteiger charge is -2.31. The predicted octanol–water partition coefficient (Wildman–Crippen LogP) is 0.244. The van der Waals surface area contributed by atoms with Crippen LogP contribution in [0.15, 0.2) is 78.9 Å². The molecule has 0 radical (unpaired) electrons. The molecule has 9 amide bonds. The normalized spacial score (nSPS) is 16.5. The zero-order valence-electron chi connectivity index (χ0n) is 48.1. The van der Waals surface area contributed by atoms with Gasteiger partial charge in [0.05, 0.1) is 6.04 Å². The summed E-state index contributed by atoms with van der Waals surface area (Å²) in [7, 11) is 0. The molecule has 3 aromatic carbocycles. The summed E-state index contributed by atoms with van der Waals surface area (Å²) in [6, 6.07) is 6.75. The maximum absolute atomic E-state index is 14.9. The topological polar surface area (TPSA) is 394 Å². The van der Waals surface area contributed by atoms with Crippen molar-refractivity contribution < 1.29 is 73.2 Å². The van der Waals surface area contributed by atoms with E-state index in [0.717, 1.165) is 0 Å². The van der Waals surface area contributed by atoms with Crippen LogP contribution < -0.4 is 48.3 Å². The molecule has 0 saturated carbocycles. The van der Waals surface area contributed by atoms with Gasteiger partial charge in [0.15, 0.2) is 0 Å². The smallest absolute Gasteiger partial charge is 0.327 e. The molecular formula is C58H80N10O15S2. The molecule has 0 bridgehead atoms. The molecule has 27 heteroatoms. The number of carbonyl (C=O) groups excluding carboxylic acids is 9. The molecule has 4 rings (SSSR count). The van der Waals surface area contributed by atoms with Crippen LogP contribution in [0.5, 0.6) is 11.5 Å². The van der Waals surface area contributed by atoms with Crippen LogP contribution in [0, 0.1) is 11.8 Å². The highest BCUT2D eigenvalue weighted by atomic mass is 32.1. The Balaban J connectivity index is 1.62. The Morgan fingerprint density at radius 2 is 1.04 bits per heavy atom. The van der Waals surface area contributed by atoms with E-state index in [2.05, 4.69) is 67.8 Å². The van der Waals surface area contributed by atoms with Crippen molar-refractivity contribution in [3.63, 3.8) is 0 Å². The van der Waals surface area contributed by atoms with Crippen LogP contribution in [0.3, 0.4) is 0 Å². The second-order valence-corrected chi connectivity index (χ2v) is 22.2. The lowest BCUT2D eigenvalue weighted by Crippen LogP contribution is -2.61. The van der Waals surface area contributed by atoms with Gasteiger partial charge >= 0.3 is 11.9 Å². The van der Waals surface area contributed by atoms with Crippen LogP contribution in [0.1, 0.15) is 89.8 Å². The fourth-order valence-corrected chi connectivity index (χ4v) is 9.61. The number of nitrogens with one attached hydrogen (secondary N) is 8. The number of hydrogen-bond acceptors (Lipinski definition) is 16. The van der Waals surface area contributed by atoms with Crippen molar-refractivity contribution in [1.82, 2.24) is 47.4 Å². The molecule has 14 N–H and O–H groups in total. The molecule has 1 fully saturated rings. The molecule has 1 aliphatic heterocycles. The van der Waals surface area contributed by atoms with E-state index in [4.69, 9.17) is 5.73 Å². The Hall–Kier alpha value is -7.91. The van der Waals surface area contributed by atoms with Gasteiger partial charge < -0.3 is 73.6 Å². The van der Waals surface area contributed by atoms with Gasteiger partial charge in [-0.2, -0.15) is 25.3 Å². The molecule has 0 aromatic heterocycles. The van der Waals surface area contributed by atoms with E-state index in [1.807, 2.05) is 13.8 Å². The molecule has 0 unspecified atom stereocenters. The van der Waals surface area contributed by atoms with Crippen LogP contribution >= 0.6 is 25.3 Å². The molecule has 11 atom stereocenters. The van der Waals surface area contributed by atoms with Gasteiger partial charge in [0, 0.05) is 43.7 Å². The lowest BCUT2D eigenvalue weighted by atomic mass is 9.96. The third-order valence-corrected chi connectivity index (χ3v) is 15.0. The maximum Gasteiger partial charge on any atom is 0.327 e. The Morgan fingerprint density at radius 1 is 0.565 bits per heavy atom. The number of amides is 9. The molecule has 0 aliphatic carbocycles. The summed E-state index contributed by atoms with van der Waals surface area (Å²) < 4.78 is 0. The maximum atomic E-state index is 14.9. The first-order valence-electron chi connectivity index (χ1n) is 28.0. The van der Waals surface area contributed by atoms with Gasteiger partial charge in [0.25, 0.3) is 0 Å². The predicted molar refractivity (Wildman–Crippen MR) is 319 cm³/mol. The van der Waals surface area contributed by atoms with E-state index in [0.29, 0.717) is 29.5 Å². The number of thiol groups is 2. The number of benzene rings is 3. The van der Waals surface area contributed by atoms with E-state index in [1.165, 1.54) is 60.4 Å². The number of rotatable bonds is 33. The first kappa shape index (κ1) is 69.6. The van der Waals surface area contributed by atoms with Gasteiger partial charge in [0.1, 0.15) is 65.9 Å². The van der Waals surface area contributed by atoms with E-state index in [1.54, 1.807) is 44.2 Å². The highest BCUT2D eigenvalue weighted by molar-refractivity contribution is 7.80. The highest BCUT2D eigenvalue weighted by Crippen LogP contribution is 2.22. The molecule has 25 nitrogen and oxygen atoms in total. The molecule has 464 valence electrons. The SMILES string of the molecule is CC[C@H](C)[C@H](NC(=O)[C@H](C)NC(=O)[C@@H]1CCCN1C(=O)[C@H](Cc1ccccc1)NC(=O)[C@H](Cc1ccc(O)cc1)NC(=O)[C@H](Cc1ccc(O)cc1)NC(=O)[C@H](CCC(=O)O)NC(=O)[C@@H](N)CS)C(=O)N[C@@H](CC(C)C)C(=O)N[C@@H](CS)C(=O)O. The minimum atomic E-state index is -1.53. The number of carboxylic acids is 2. The molecule has 1 heterocycles. The number of hydrogen-bond donors (Lipinski definition) is 15. The van der Waals surface area contributed by atoms with Crippen LogP contribution in [-0.4, -0.2) is 169 Å². The Morgan fingerprint density at radius 3 is 1.53 bits per heavy atom. The summed E-state index contributed by atoms with van der Waals surface area (Å²) in [4.78, 5) is 151. The van der Waals surface area contributed by atoms with Crippen molar-refractivity contribution in [1.29, 1.82) is 0 Å². The number of aliphatic carboxylic acids is 2. The summed E-state index contributed by atoms with van der Waals surface area (Å²) in [5.74, 6) is -11.0.